The Balaban J connectivity index is 2.27. The van der Waals surface area contributed by atoms with Gasteiger partial charge >= 0.3 is 5.69 Å². The summed E-state index contributed by atoms with van der Waals surface area (Å²) in [4.78, 5) is 39.0. The molecule has 0 aromatic carbocycles. The Labute approximate surface area is 124 Å². The lowest BCUT2D eigenvalue weighted by Gasteiger charge is -2.07. The summed E-state index contributed by atoms with van der Waals surface area (Å²) in [5.74, 6) is -1.03. The number of nitrogens with zero attached hydrogens (tertiary/aromatic N) is 4. The predicted molar refractivity (Wildman–Crippen MR) is 77.9 cm³/mol. The van der Waals surface area contributed by atoms with Gasteiger partial charge in [0.2, 0.25) is 5.88 Å². The summed E-state index contributed by atoms with van der Waals surface area (Å²) in [6.07, 6.45) is 3.89. The molecule has 0 bridgehead atoms. The van der Waals surface area contributed by atoms with E-state index in [0.717, 1.165) is 15.3 Å². The van der Waals surface area contributed by atoms with E-state index in [9.17, 15) is 19.5 Å². The maximum Gasteiger partial charge on any atom is 0.333 e. The zero-order valence-corrected chi connectivity index (χ0v) is 11.8. The molecule has 0 fully saturated rings. The fraction of sp³-hybridized carbons (Fsp3) is 0.154. The van der Waals surface area contributed by atoms with Crippen molar-refractivity contribution in [1.29, 1.82) is 0 Å². The number of rotatable bonds is 3. The molecule has 1 amide bonds. The van der Waals surface area contributed by atoms with E-state index in [-0.39, 0.29) is 5.56 Å². The van der Waals surface area contributed by atoms with Crippen molar-refractivity contribution in [3.8, 4) is 5.88 Å². The molecule has 9 heteroatoms. The number of nitrogens with one attached hydrogen (secondary N) is 1. The lowest BCUT2D eigenvalue weighted by atomic mass is 10.3. The number of hydrogen-bond acceptors (Lipinski definition) is 6. The van der Waals surface area contributed by atoms with Gasteiger partial charge in [-0.2, -0.15) is 5.10 Å². The van der Waals surface area contributed by atoms with E-state index < -0.39 is 23.0 Å². The molecule has 0 saturated carbocycles. The summed E-state index contributed by atoms with van der Waals surface area (Å²) in [7, 11) is 2.58. The highest BCUT2D eigenvalue weighted by Crippen LogP contribution is 2.05. The number of amides is 1. The summed E-state index contributed by atoms with van der Waals surface area (Å²) in [5, 5.41) is 13.4. The van der Waals surface area contributed by atoms with E-state index in [1.165, 1.54) is 38.6 Å². The SMILES string of the molecule is Cn1c(O)c(C=NNC(=O)c2ccncc2)c(=O)n(C)c1=O. The fourth-order valence-corrected chi connectivity index (χ4v) is 1.70. The Morgan fingerprint density at radius 1 is 1.27 bits per heavy atom. The van der Waals surface area contributed by atoms with Crippen molar-refractivity contribution in [2.24, 2.45) is 19.2 Å². The third-order valence-electron chi connectivity index (χ3n) is 2.97. The fourth-order valence-electron chi connectivity index (χ4n) is 1.70. The van der Waals surface area contributed by atoms with Crippen molar-refractivity contribution in [2.45, 2.75) is 0 Å². The largest absolute Gasteiger partial charge is 0.494 e. The van der Waals surface area contributed by atoms with Crippen molar-refractivity contribution in [1.82, 2.24) is 19.5 Å². The number of carbonyl (C=O) groups is 1. The molecule has 9 nitrogen and oxygen atoms in total. The Kier molecular flexibility index (Phi) is 4.16. The molecular weight excluding hydrogens is 290 g/mol. The molecule has 0 unspecified atom stereocenters. The standard InChI is InChI=1S/C13H13N5O4/c1-17-11(20)9(12(21)18(2)13(17)22)7-15-16-10(19)8-3-5-14-6-4-8/h3-7,20H,1-2H3,(H,16,19). The number of hydrazone groups is 1. The first-order valence-corrected chi connectivity index (χ1v) is 6.16. The second-order valence-corrected chi connectivity index (χ2v) is 4.38. The Morgan fingerprint density at radius 3 is 2.55 bits per heavy atom. The topological polar surface area (TPSA) is 119 Å². The van der Waals surface area contributed by atoms with E-state index >= 15 is 0 Å². The quantitative estimate of drug-likeness (QED) is 0.554. The maximum atomic E-state index is 11.9. The van der Waals surface area contributed by atoms with Gasteiger partial charge in [0, 0.05) is 32.1 Å². The van der Waals surface area contributed by atoms with Gasteiger partial charge in [-0.05, 0) is 12.1 Å². The molecule has 2 N–H and O–H groups in total. The van der Waals surface area contributed by atoms with Crippen molar-refractivity contribution in [3.05, 3.63) is 56.5 Å². The van der Waals surface area contributed by atoms with Crippen LogP contribution in [0, 0.1) is 0 Å². The molecule has 0 saturated heterocycles. The lowest BCUT2D eigenvalue weighted by Crippen LogP contribution is -2.38. The molecule has 0 atom stereocenters. The maximum absolute atomic E-state index is 11.9. The number of aromatic hydroxyl groups is 1. The molecule has 2 aromatic rings. The van der Waals surface area contributed by atoms with Crippen LogP contribution in [0.25, 0.3) is 0 Å². The predicted octanol–water partition coefficient (Wildman–Crippen LogP) is -1.05. The molecule has 0 aliphatic rings. The minimum atomic E-state index is -0.720. The molecule has 2 rings (SSSR count). The van der Waals surface area contributed by atoms with Crippen LogP contribution >= 0.6 is 0 Å². The Morgan fingerprint density at radius 2 is 1.91 bits per heavy atom. The molecule has 2 aromatic heterocycles. The van der Waals surface area contributed by atoms with Crippen molar-refractivity contribution < 1.29 is 9.90 Å². The molecule has 0 spiro atoms. The monoisotopic (exact) mass is 303 g/mol. The Bertz CT molecular complexity index is 851. The summed E-state index contributed by atoms with van der Waals surface area (Å²) >= 11 is 0. The zero-order valence-electron chi connectivity index (χ0n) is 11.8. The minimum Gasteiger partial charge on any atom is -0.494 e. The molecular formula is C13H13N5O4. The van der Waals surface area contributed by atoms with Crippen LogP contribution in [0.2, 0.25) is 0 Å². The zero-order chi connectivity index (χ0) is 16.3. The van der Waals surface area contributed by atoms with Gasteiger partial charge in [-0.1, -0.05) is 0 Å². The van der Waals surface area contributed by atoms with Crippen LogP contribution in [0.4, 0.5) is 0 Å². The van der Waals surface area contributed by atoms with Crippen LogP contribution < -0.4 is 16.7 Å². The average molecular weight is 303 g/mol. The van der Waals surface area contributed by atoms with Gasteiger partial charge in [0.15, 0.2) is 0 Å². The Hall–Kier alpha value is -3.23. The van der Waals surface area contributed by atoms with E-state index in [1.54, 1.807) is 0 Å². The van der Waals surface area contributed by atoms with Crippen LogP contribution in [-0.2, 0) is 14.1 Å². The second-order valence-electron chi connectivity index (χ2n) is 4.38. The first-order chi connectivity index (χ1) is 10.4. The number of carbonyl (C=O) groups excluding carboxylic acids is 1. The first kappa shape index (κ1) is 15.2. The van der Waals surface area contributed by atoms with Gasteiger partial charge in [0.1, 0.15) is 5.56 Å². The van der Waals surface area contributed by atoms with E-state index in [1.807, 2.05) is 0 Å². The summed E-state index contributed by atoms with van der Waals surface area (Å²) in [6, 6.07) is 2.99. The molecule has 0 aliphatic heterocycles. The number of aromatic nitrogens is 3. The third-order valence-corrected chi connectivity index (χ3v) is 2.97. The smallest absolute Gasteiger partial charge is 0.333 e. The molecule has 2 heterocycles. The van der Waals surface area contributed by atoms with E-state index in [4.69, 9.17) is 0 Å². The lowest BCUT2D eigenvalue weighted by molar-refractivity contribution is 0.0955. The van der Waals surface area contributed by atoms with Crippen LogP contribution in [0.3, 0.4) is 0 Å². The van der Waals surface area contributed by atoms with Gasteiger partial charge in [-0.25, -0.2) is 10.2 Å². The van der Waals surface area contributed by atoms with Crippen molar-refractivity contribution in [2.75, 3.05) is 0 Å². The second kappa shape index (κ2) is 6.04. The molecule has 114 valence electrons. The molecule has 0 aliphatic carbocycles. The summed E-state index contributed by atoms with van der Waals surface area (Å²) < 4.78 is 1.72. The van der Waals surface area contributed by atoms with Crippen LogP contribution in [0.5, 0.6) is 5.88 Å². The number of hydrogen-bond donors (Lipinski definition) is 2. The summed E-state index contributed by atoms with van der Waals surface area (Å²) in [5.41, 5.74) is 0.954. The van der Waals surface area contributed by atoms with Crippen LogP contribution in [-0.4, -0.2) is 31.3 Å². The number of pyridine rings is 1. The highest BCUT2D eigenvalue weighted by Gasteiger charge is 2.13. The normalized spacial score (nSPS) is 10.8. The van der Waals surface area contributed by atoms with Crippen LogP contribution in [0.1, 0.15) is 15.9 Å². The van der Waals surface area contributed by atoms with Gasteiger partial charge in [-0.3, -0.25) is 23.7 Å². The molecule has 22 heavy (non-hydrogen) atoms. The minimum absolute atomic E-state index is 0.209. The first-order valence-electron chi connectivity index (χ1n) is 6.16. The van der Waals surface area contributed by atoms with Crippen molar-refractivity contribution >= 4 is 12.1 Å². The highest BCUT2D eigenvalue weighted by molar-refractivity contribution is 5.94. The van der Waals surface area contributed by atoms with Gasteiger partial charge in [0.05, 0.1) is 6.21 Å². The van der Waals surface area contributed by atoms with Gasteiger partial charge in [0.25, 0.3) is 11.5 Å². The third kappa shape index (κ3) is 2.77. The molecule has 0 radical (unpaired) electrons. The summed E-state index contributed by atoms with van der Waals surface area (Å²) in [6.45, 7) is 0. The van der Waals surface area contributed by atoms with Gasteiger partial charge < -0.3 is 5.11 Å². The van der Waals surface area contributed by atoms with E-state index in [0.29, 0.717) is 5.56 Å². The van der Waals surface area contributed by atoms with Crippen molar-refractivity contribution in [3.63, 3.8) is 0 Å². The average Bonchev–Trinajstić information content (AvgIpc) is 2.55. The van der Waals surface area contributed by atoms with E-state index in [2.05, 4.69) is 15.5 Å². The van der Waals surface area contributed by atoms with Gasteiger partial charge in [-0.15, -0.1) is 0 Å². The highest BCUT2D eigenvalue weighted by atomic mass is 16.3. The van der Waals surface area contributed by atoms with Crippen LogP contribution in [0.15, 0.2) is 39.2 Å².